The summed E-state index contributed by atoms with van der Waals surface area (Å²) in [6.07, 6.45) is 2.12. The molecule has 6 nitrogen and oxygen atoms in total. The molecule has 1 aromatic rings. The van der Waals surface area contributed by atoms with Crippen LogP contribution in [0.3, 0.4) is 0 Å². The van der Waals surface area contributed by atoms with Gasteiger partial charge in [0, 0.05) is 39.1 Å². The predicted octanol–water partition coefficient (Wildman–Crippen LogP) is 2.01. The molecule has 1 aliphatic rings. The number of hydrogen-bond donors (Lipinski definition) is 0. The second kappa shape index (κ2) is 8.86. The molecule has 1 fully saturated rings. The Labute approximate surface area is 157 Å². The third kappa shape index (κ3) is 5.45. The third-order valence-electron chi connectivity index (χ3n) is 4.96. The van der Waals surface area contributed by atoms with Gasteiger partial charge in [-0.25, -0.2) is 8.42 Å². The summed E-state index contributed by atoms with van der Waals surface area (Å²) in [4.78, 5) is 16.6. The minimum absolute atomic E-state index is 0.121. The smallest absolute Gasteiger partial charge is 0.232 e. The summed E-state index contributed by atoms with van der Waals surface area (Å²) in [7, 11) is -3.39. The molecule has 0 N–H and O–H groups in total. The zero-order valence-electron chi connectivity index (χ0n) is 16.4. The summed E-state index contributed by atoms with van der Waals surface area (Å²) in [6.45, 7) is 10.7. The van der Waals surface area contributed by atoms with E-state index in [1.807, 2.05) is 36.9 Å². The highest BCUT2D eigenvalue weighted by atomic mass is 32.2. The average Bonchev–Trinajstić information content (AvgIpc) is 2.60. The van der Waals surface area contributed by atoms with E-state index in [1.165, 1.54) is 10.6 Å². The van der Waals surface area contributed by atoms with Crippen molar-refractivity contribution in [2.24, 2.45) is 0 Å². The van der Waals surface area contributed by atoms with E-state index in [-0.39, 0.29) is 5.91 Å². The van der Waals surface area contributed by atoms with E-state index in [2.05, 4.69) is 11.8 Å². The van der Waals surface area contributed by atoms with E-state index in [0.29, 0.717) is 25.1 Å². The number of benzene rings is 1. The second-order valence-electron chi connectivity index (χ2n) is 7.04. The van der Waals surface area contributed by atoms with Crippen molar-refractivity contribution < 1.29 is 13.2 Å². The van der Waals surface area contributed by atoms with Crippen molar-refractivity contribution in [2.75, 3.05) is 49.8 Å². The summed E-state index contributed by atoms with van der Waals surface area (Å²) in [5.41, 5.74) is 2.64. The molecule has 1 saturated heterocycles. The van der Waals surface area contributed by atoms with Crippen LogP contribution in [0.25, 0.3) is 0 Å². The van der Waals surface area contributed by atoms with Crippen molar-refractivity contribution in [2.45, 2.75) is 33.6 Å². The molecule has 1 aliphatic heterocycles. The van der Waals surface area contributed by atoms with Gasteiger partial charge in [-0.1, -0.05) is 19.1 Å². The first kappa shape index (κ1) is 20.7. The van der Waals surface area contributed by atoms with Crippen molar-refractivity contribution in [1.82, 2.24) is 9.80 Å². The minimum Gasteiger partial charge on any atom is -0.340 e. The molecule has 1 amide bonds. The van der Waals surface area contributed by atoms with Crippen LogP contribution in [0.2, 0.25) is 0 Å². The van der Waals surface area contributed by atoms with Gasteiger partial charge in [-0.15, -0.1) is 0 Å². The Morgan fingerprint density at radius 2 is 1.81 bits per heavy atom. The maximum atomic E-state index is 12.4. The van der Waals surface area contributed by atoms with Gasteiger partial charge in [0.1, 0.15) is 0 Å². The molecule has 1 heterocycles. The standard InChI is InChI=1S/C19H31N3O3S/c1-5-20-11-13-21(14-12-20)19(23)7-6-10-22(26(4,24)25)18-15-16(2)8-9-17(18)3/h8-9,15H,5-7,10-14H2,1-4H3. The molecule has 1 aromatic carbocycles. The fourth-order valence-corrected chi connectivity index (χ4v) is 4.31. The van der Waals surface area contributed by atoms with Crippen molar-refractivity contribution in [1.29, 1.82) is 0 Å². The van der Waals surface area contributed by atoms with Gasteiger partial charge in [-0.3, -0.25) is 9.10 Å². The number of carbonyl (C=O) groups is 1. The van der Waals surface area contributed by atoms with Crippen LogP contribution in [0, 0.1) is 13.8 Å². The zero-order valence-corrected chi connectivity index (χ0v) is 17.2. The highest BCUT2D eigenvalue weighted by Gasteiger charge is 2.22. The molecular formula is C19H31N3O3S. The van der Waals surface area contributed by atoms with Crippen LogP contribution < -0.4 is 4.31 Å². The van der Waals surface area contributed by atoms with Crippen LogP contribution >= 0.6 is 0 Å². The number of amides is 1. The number of rotatable bonds is 7. The van der Waals surface area contributed by atoms with E-state index in [1.54, 1.807) is 0 Å². The molecule has 0 aliphatic carbocycles. The molecule has 0 saturated carbocycles. The van der Waals surface area contributed by atoms with Gasteiger partial charge in [0.25, 0.3) is 0 Å². The number of piperazine rings is 1. The quantitative estimate of drug-likeness (QED) is 0.725. The van der Waals surface area contributed by atoms with Crippen LogP contribution in [0.4, 0.5) is 5.69 Å². The van der Waals surface area contributed by atoms with Crippen LogP contribution in [0.1, 0.15) is 30.9 Å². The Morgan fingerprint density at radius 3 is 2.38 bits per heavy atom. The largest absolute Gasteiger partial charge is 0.340 e. The van der Waals surface area contributed by atoms with Crippen LogP contribution in [0.15, 0.2) is 18.2 Å². The first-order chi connectivity index (χ1) is 12.2. The Morgan fingerprint density at radius 1 is 1.15 bits per heavy atom. The molecule has 146 valence electrons. The Balaban J connectivity index is 1.96. The number of nitrogens with zero attached hydrogens (tertiary/aromatic N) is 3. The molecule has 0 radical (unpaired) electrons. The normalized spacial score (nSPS) is 15.9. The number of likely N-dealkylation sites (N-methyl/N-ethyl adjacent to an activating group) is 1. The van der Waals surface area contributed by atoms with Crippen LogP contribution in [0.5, 0.6) is 0 Å². The number of sulfonamides is 1. The monoisotopic (exact) mass is 381 g/mol. The van der Waals surface area contributed by atoms with Gasteiger partial charge in [-0.2, -0.15) is 0 Å². The maximum Gasteiger partial charge on any atom is 0.232 e. The van der Waals surface area contributed by atoms with Gasteiger partial charge < -0.3 is 9.80 Å². The highest BCUT2D eigenvalue weighted by molar-refractivity contribution is 7.92. The van der Waals surface area contributed by atoms with E-state index in [4.69, 9.17) is 0 Å². The topological polar surface area (TPSA) is 60.9 Å². The maximum absolute atomic E-state index is 12.4. The number of hydrogen-bond acceptors (Lipinski definition) is 4. The van der Waals surface area contributed by atoms with Gasteiger partial charge >= 0.3 is 0 Å². The van der Waals surface area contributed by atoms with Crippen molar-refractivity contribution in [3.8, 4) is 0 Å². The first-order valence-electron chi connectivity index (χ1n) is 9.27. The molecule has 0 atom stereocenters. The second-order valence-corrected chi connectivity index (χ2v) is 8.95. The Bertz CT molecular complexity index is 726. The number of aryl methyl sites for hydroxylation is 2. The fraction of sp³-hybridized carbons (Fsp3) is 0.632. The van der Waals surface area contributed by atoms with E-state index < -0.39 is 10.0 Å². The molecule has 26 heavy (non-hydrogen) atoms. The van der Waals surface area contributed by atoms with Crippen LogP contribution in [-0.2, 0) is 14.8 Å². The SMILES string of the molecule is CCN1CCN(C(=O)CCCN(c2cc(C)ccc2C)S(C)(=O)=O)CC1. The lowest BCUT2D eigenvalue weighted by Crippen LogP contribution is -2.48. The van der Waals surface area contributed by atoms with Crippen molar-refractivity contribution in [3.05, 3.63) is 29.3 Å². The summed E-state index contributed by atoms with van der Waals surface area (Å²) in [5, 5.41) is 0. The van der Waals surface area contributed by atoms with Gasteiger partial charge in [0.05, 0.1) is 11.9 Å². The summed E-state index contributed by atoms with van der Waals surface area (Å²) < 4.78 is 26.0. The van der Waals surface area contributed by atoms with E-state index in [0.717, 1.165) is 43.9 Å². The summed E-state index contributed by atoms with van der Waals surface area (Å²) in [6, 6.07) is 5.79. The van der Waals surface area contributed by atoms with Crippen molar-refractivity contribution >= 4 is 21.6 Å². The van der Waals surface area contributed by atoms with Crippen molar-refractivity contribution in [3.63, 3.8) is 0 Å². The fourth-order valence-electron chi connectivity index (χ4n) is 3.30. The highest BCUT2D eigenvalue weighted by Crippen LogP contribution is 2.24. The van der Waals surface area contributed by atoms with E-state index >= 15 is 0 Å². The lowest BCUT2D eigenvalue weighted by Gasteiger charge is -2.34. The number of carbonyl (C=O) groups excluding carboxylic acids is 1. The Hall–Kier alpha value is -1.60. The van der Waals surface area contributed by atoms with Gasteiger partial charge in [0.15, 0.2) is 0 Å². The Kier molecular flexibility index (Phi) is 7.06. The molecule has 0 aromatic heterocycles. The predicted molar refractivity (Wildman–Crippen MR) is 106 cm³/mol. The molecule has 7 heteroatoms. The molecular weight excluding hydrogens is 350 g/mol. The van der Waals surface area contributed by atoms with Gasteiger partial charge in [0.2, 0.25) is 15.9 Å². The van der Waals surface area contributed by atoms with E-state index in [9.17, 15) is 13.2 Å². The summed E-state index contributed by atoms with van der Waals surface area (Å²) >= 11 is 0. The zero-order chi connectivity index (χ0) is 19.3. The third-order valence-corrected chi connectivity index (χ3v) is 6.14. The molecule has 0 bridgehead atoms. The molecule has 0 spiro atoms. The minimum atomic E-state index is -3.39. The van der Waals surface area contributed by atoms with Crippen LogP contribution in [-0.4, -0.2) is 69.6 Å². The van der Waals surface area contributed by atoms with Gasteiger partial charge in [-0.05, 0) is 44.0 Å². The lowest BCUT2D eigenvalue weighted by molar-refractivity contribution is -0.132. The molecule has 2 rings (SSSR count). The lowest BCUT2D eigenvalue weighted by atomic mass is 10.1. The molecule has 0 unspecified atom stereocenters. The first-order valence-corrected chi connectivity index (χ1v) is 11.1. The average molecular weight is 382 g/mol. The summed E-state index contributed by atoms with van der Waals surface area (Å²) in [5.74, 6) is 0.121. The number of anilines is 1.